The third-order valence-corrected chi connectivity index (χ3v) is 10.5. The minimum atomic E-state index is -4.78. The molecule has 5 unspecified atom stereocenters. The number of alkyl halides is 6. The fourth-order valence-electron chi connectivity index (χ4n) is 7.92. The predicted octanol–water partition coefficient (Wildman–Crippen LogP) is 9.66. The Labute approximate surface area is 261 Å². The van der Waals surface area contributed by atoms with E-state index in [1.807, 2.05) is 30.0 Å². The number of ether oxygens (including phenoxy) is 1. The molecule has 0 radical (unpaired) electrons. The lowest BCUT2D eigenvalue weighted by Crippen LogP contribution is -2.48. The van der Waals surface area contributed by atoms with Crippen molar-refractivity contribution in [2.45, 2.75) is 122 Å². The van der Waals surface area contributed by atoms with Crippen molar-refractivity contribution in [1.82, 2.24) is 4.90 Å². The summed E-state index contributed by atoms with van der Waals surface area (Å²) in [6.45, 7) is 7.36. The maximum absolute atomic E-state index is 14.0. The molecule has 0 bridgehead atoms. The van der Waals surface area contributed by atoms with Crippen LogP contribution in [0.4, 0.5) is 26.3 Å². The van der Waals surface area contributed by atoms with Crippen molar-refractivity contribution < 1.29 is 41.0 Å². The molecular weight excluding hydrogens is 596 g/mol. The van der Waals surface area contributed by atoms with Crippen LogP contribution >= 0.6 is 0 Å². The molecule has 2 aromatic carbocycles. The molecule has 1 N–H and O–H groups in total. The number of hydrogen-bond acceptors (Lipinski definition) is 3. The van der Waals surface area contributed by atoms with E-state index >= 15 is 0 Å². The van der Waals surface area contributed by atoms with Gasteiger partial charge in [-0.15, -0.1) is 0 Å². The van der Waals surface area contributed by atoms with Crippen molar-refractivity contribution >= 4 is 5.97 Å². The first-order valence-corrected chi connectivity index (χ1v) is 16.1. The summed E-state index contributed by atoms with van der Waals surface area (Å²) in [6.07, 6.45) is -3.06. The number of fused-ring (bicyclic) bond motifs is 1. The van der Waals surface area contributed by atoms with Gasteiger partial charge in [-0.25, -0.2) is 0 Å². The lowest BCUT2D eigenvalue weighted by molar-refractivity contribution is -0.142. The number of aryl methyl sites for hydroxylation is 1. The largest absolute Gasteiger partial charge is 0.490 e. The molecule has 3 aliphatic rings. The number of halogens is 6. The van der Waals surface area contributed by atoms with E-state index in [0.29, 0.717) is 30.5 Å². The Morgan fingerprint density at radius 3 is 2.29 bits per heavy atom. The smallest absolute Gasteiger partial charge is 0.416 e. The molecule has 7 atom stereocenters. The van der Waals surface area contributed by atoms with Crippen LogP contribution < -0.4 is 4.74 Å². The molecule has 0 amide bonds. The van der Waals surface area contributed by atoms with Crippen LogP contribution in [0.25, 0.3) is 0 Å². The number of carbonyl (C=O) groups is 1. The lowest BCUT2D eigenvalue weighted by atomic mass is 9.81. The number of carboxylic acids is 1. The van der Waals surface area contributed by atoms with Crippen molar-refractivity contribution in [3.8, 4) is 5.75 Å². The van der Waals surface area contributed by atoms with Crippen molar-refractivity contribution in [3.63, 3.8) is 0 Å². The summed E-state index contributed by atoms with van der Waals surface area (Å²) in [5.74, 6) is -0.254. The monoisotopic (exact) mass is 639 g/mol. The van der Waals surface area contributed by atoms with Crippen molar-refractivity contribution in [2.75, 3.05) is 0 Å². The number of rotatable bonds is 9. The average molecular weight is 640 g/mol. The summed E-state index contributed by atoms with van der Waals surface area (Å²) in [4.78, 5) is 13.8. The zero-order valence-electron chi connectivity index (χ0n) is 26.2. The number of carboxylic acid groups (broad SMARTS) is 1. The summed E-state index contributed by atoms with van der Waals surface area (Å²) in [7, 11) is 0. The first-order chi connectivity index (χ1) is 21.1. The highest BCUT2D eigenvalue weighted by molar-refractivity contribution is 5.71. The number of benzene rings is 2. The zero-order chi connectivity index (χ0) is 32.8. The van der Waals surface area contributed by atoms with E-state index in [9.17, 15) is 36.2 Å². The van der Waals surface area contributed by atoms with Gasteiger partial charge in [0, 0.05) is 18.1 Å². The van der Waals surface area contributed by atoms with E-state index in [4.69, 9.17) is 4.74 Å². The SMILES string of the molecule is CC(CC1CCCC(C)N1[C@@H](C)c1cc(C(F)(F)F)ccc1C(F)(F)F)C1CCc2ccc(C(C3CC3)[C@H](C)C(=O)O)cc2O1. The van der Waals surface area contributed by atoms with Gasteiger partial charge in [0.2, 0.25) is 0 Å². The normalized spacial score (nSPS) is 25.5. The van der Waals surface area contributed by atoms with Gasteiger partial charge >= 0.3 is 18.3 Å². The predicted molar refractivity (Wildman–Crippen MR) is 159 cm³/mol. The van der Waals surface area contributed by atoms with Crippen LogP contribution in [0.1, 0.15) is 112 Å². The van der Waals surface area contributed by atoms with E-state index in [2.05, 4.69) is 6.92 Å². The number of piperidine rings is 1. The second-order valence-corrected chi connectivity index (χ2v) is 13.6. The van der Waals surface area contributed by atoms with E-state index in [1.54, 1.807) is 13.8 Å². The molecule has 2 aromatic rings. The van der Waals surface area contributed by atoms with E-state index in [-0.39, 0.29) is 35.6 Å². The minimum absolute atomic E-state index is 0.0348. The maximum Gasteiger partial charge on any atom is 0.416 e. The molecule has 2 heterocycles. The molecule has 1 aliphatic carbocycles. The lowest BCUT2D eigenvalue weighted by Gasteiger charge is -2.46. The third kappa shape index (κ3) is 7.31. The molecule has 1 saturated heterocycles. The van der Waals surface area contributed by atoms with Crippen molar-refractivity contribution in [3.05, 3.63) is 64.2 Å². The van der Waals surface area contributed by atoms with Gasteiger partial charge < -0.3 is 9.84 Å². The van der Waals surface area contributed by atoms with Gasteiger partial charge in [-0.1, -0.05) is 32.4 Å². The molecule has 0 spiro atoms. The van der Waals surface area contributed by atoms with Crippen LogP contribution in [0.3, 0.4) is 0 Å². The molecule has 10 heteroatoms. The first kappa shape index (κ1) is 33.6. The minimum Gasteiger partial charge on any atom is -0.490 e. The topological polar surface area (TPSA) is 49.8 Å². The molecule has 5 rings (SSSR count). The maximum atomic E-state index is 14.0. The highest BCUT2D eigenvalue weighted by atomic mass is 19.4. The standard InChI is InChI=1S/C35H43F6NO3/c1-19(30-15-12-23-8-11-25(17-31(23)45-30)32(24-9-10-24)21(3)33(43)44)16-27-7-5-6-20(2)42(27)22(4)28-18-26(34(36,37)38)13-14-29(28)35(39,40)41/h8,11,13-14,17-22,24,27,30,32H,5-7,9-10,12,15-16H2,1-4H3,(H,43,44)/t19?,20?,21-,22-,27?,30?,32?/m0/s1. The number of nitrogens with zero attached hydrogens (tertiary/aromatic N) is 1. The van der Waals surface area contributed by atoms with Gasteiger partial charge in [-0.05, 0) is 118 Å². The molecule has 45 heavy (non-hydrogen) atoms. The van der Waals surface area contributed by atoms with Crippen LogP contribution in [0, 0.1) is 17.8 Å². The quantitative estimate of drug-likeness (QED) is 0.278. The molecule has 2 fully saturated rings. The Balaban J connectivity index is 1.36. The van der Waals surface area contributed by atoms with Crippen molar-refractivity contribution in [1.29, 1.82) is 0 Å². The second kappa shape index (κ2) is 12.8. The number of likely N-dealkylation sites (tertiary alicyclic amines) is 1. The summed E-state index contributed by atoms with van der Waals surface area (Å²) in [5.41, 5.74) is -0.410. The van der Waals surface area contributed by atoms with Crippen molar-refractivity contribution in [2.24, 2.45) is 17.8 Å². The summed E-state index contributed by atoms with van der Waals surface area (Å²) < 4.78 is 89.4. The van der Waals surface area contributed by atoms with Gasteiger partial charge in [0.05, 0.1) is 17.0 Å². The highest BCUT2D eigenvalue weighted by Crippen LogP contribution is 2.48. The summed E-state index contributed by atoms with van der Waals surface area (Å²) in [5, 5.41) is 9.71. The van der Waals surface area contributed by atoms with Gasteiger partial charge in [0.25, 0.3) is 0 Å². The van der Waals surface area contributed by atoms with E-state index < -0.39 is 41.4 Å². The number of hydrogen-bond donors (Lipinski definition) is 1. The van der Waals surface area contributed by atoms with Gasteiger partial charge in [-0.2, -0.15) is 26.3 Å². The molecule has 248 valence electrons. The van der Waals surface area contributed by atoms with Crippen LogP contribution in [0.15, 0.2) is 36.4 Å². The second-order valence-electron chi connectivity index (χ2n) is 13.6. The summed E-state index contributed by atoms with van der Waals surface area (Å²) >= 11 is 0. The van der Waals surface area contributed by atoms with Crippen LogP contribution in [-0.2, 0) is 23.6 Å². The summed E-state index contributed by atoms with van der Waals surface area (Å²) in [6, 6.07) is 6.71. The Morgan fingerprint density at radius 1 is 0.956 bits per heavy atom. The van der Waals surface area contributed by atoms with E-state index in [1.165, 1.54) is 0 Å². The third-order valence-electron chi connectivity index (χ3n) is 10.5. The van der Waals surface area contributed by atoms with Crippen LogP contribution in [0.2, 0.25) is 0 Å². The Bertz CT molecular complexity index is 1370. The highest BCUT2D eigenvalue weighted by Gasteiger charge is 2.42. The van der Waals surface area contributed by atoms with Gasteiger partial charge in [0.15, 0.2) is 0 Å². The van der Waals surface area contributed by atoms with Crippen LogP contribution in [0.5, 0.6) is 5.75 Å². The van der Waals surface area contributed by atoms with Gasteiger partial charge in [0.1, 0.15) is 11.9 Å². The Kier molecular flexibility index (Phi) is 9.56. The van der Waals surface area contributed by atoms with Gasteiger partial charge in [-0.3, -0.25) is 9.69 Å². The zero-order valence-corrected chi connectivity index (χ0v) is 26.2. The Hall–Kier alpha value is -2.75. The van der Waals surface area contributed by atoms with Crippen LogP contribution in [-0.4, -0.2) is 34.2 Å². The molecular formula is C35H43F6NO3. The molecule has 2 aliphatic heterocycles. The van der Waals surface area contributed by atoms with E-state index in [0.717, 1.165) is 61.8 Å². The fraction of sp³-hybridized carbons (Fsp3) is 0.629. The fourth-order valence-corrected chi connectivity index (χ4v) is 7.92. The molecule has 1 saturated carbocycles. The number of aliphatic carboxylic acids is 1. The first-order valence-electron chi connectivity index (χ1n) is 16.1. The molecule has 0 aromatic heterocycles. The Morgan fingerprint density at radius 2 is 1.67 bits per heavy atom. The molecule has 4 nitrogen and oxygen atoms in total. The average Bonchev–Trinajstić information content (AvgIpc) is 3.80.